The van der Waals surface area contributed by atoms with Crippen molar-refractivity contribution < 1.29 is 9.53 Å². The largest absolute Gasteiger partial charge is 0.497 e. The Morgan fingerprint density at radius 2 is 1.84 bits per heavy atom. The lowest BCUT2D eigenvalue weighted by molar-refractivity contribution is 0.102. The first-order chi connectivity index (χ1) is 9.20. The maximum Gasteiger partial charge on any atom is 0.174 e. The molecule has 0 spiro atoms. The highest BCUT2D eigenvalue weighted by molar-refractivity contribution is 8.00. The predicted molar refractivity (Wildman–Crippen MR) is 79.5 cm³/mol. The van der Waals surface area contributed by atoms with Crippen molar-refractivity contribution in [1.29, 1.82) is 0 Å². The molecule has 2 nitrogen and oxygen atoms in total. The zero-order valence-corrected chi connectivity index (χ0v) is 12.0. The highest BCUT2D eigenvalue weighted by atomic mass is 35.5. The van der Waals surface area contributed by atoms with E-state index in [2.05, 4.69) is 0 Å². The Bertz CT molecular complexity index is 567. The van der Waals surface area contributed by atoms with Gasteiger partial charge in [-0.3, -0.25) is 4.79 Å². The summed E-state index contributed by atoms with van der Waals surface area (Å²) in [5.74, 6) is 1.21. The number of ether oxygens (including phenoxy) is 1. The van der Waals surface area contributed by atoms with Gasteiger partial charge < -0.3 is 4.74 Å². The van der Waals surface area contributed by atoms with E-state index >= 15 is 0 Å². The van der Waals surface area contributed by atoms with Gasteiger partial charge >= 0.3 is 0 Å². The highest BCUT2D eigenvalue weighted by Crippen LogP contribution is 2.23. The third kappa shape index (κ3) is 3.75. The molecule has 0 bridgehead atoms. The molecule has 4 heteroatoms. The fourth-order valence-electron chi connectivity index (χ4n) is 1.59. The molecule has 0 saturated carbocycles. The summed E-state index contributed by atoms with van der Waals surface area (Å²) in [6, 6.07) is 14.7. The van der Waals surface area contributed by atoms with Crippen LogP contribution in [-0.4, -0.2) is 18.6 Å². The normalized spacial score (nSPS) is 10.2. The molecule has 0 aliphatic rings. The molecule has 0 aliphatic carbocycles. The molecule has 0 aliphatic heterocycles. The van der Waals surface area contributed by atoms with Crippen LogP contribution in [0.3, 0.4) is 0 Å². The number of hydrogen-bond acceptors (Lipinski definition) is 3. The van der Waals surface area contributed by atoms with E-state index in [1.165, 1.54) is 11.8 Å². The van der Waals surface area contributed by atoms with Gasteiger partial charge in [-0.05, 0) is 36.4 Å². The number of benzene rings is 2. The van der Waals surface area contributed by atoms with Gasteiger partial charge in [0.25, 0.3) is 0 Å². The van der Waals surface area contributed by atoms with E-state index in [1.54, 1.807) is 19.2 Å². The Balaban J connectivity index is 1.98. The molecular weight excluding hydrogens is 280 g/mol. The van der Waals surface area contributed by atoms with E-state index in [1.807, 2.05) is 36.4 Å². The second-order valence-corrected chi connectivity index (χ2v) is 5.32. The number of carbonyl (C=O) groups is 1. The number of thioether (sulfide) groups is 1. The minimum atomic E-state index is 0.0337. The number of Topliss-reactive ketones (excluding diaryl/α,β-unsaturated/α-hetero) is 1. The van der Waals surface area contributed by atoms with Gasteiger partial charge in [0.15, 0.2) is 5.78 Å². The second kappa shape index (κ2) is 6.64. The minimum Gasteiger partial charge on any atom is -0.497 e. The van der Waals surface area contributed by atoms with Crippen LogP contribution >= 0.6 is 23.4 Å². The van der Waals surface area contributed by atoms with Gasteiger partial charge in [-0.1, -0.05) is 23.7 Å². The van der Waals surface area contributed by atoms with Crippen LogP contribution in [0.15, 0.2) is 53.4 Å². The van der Waals surface area contributed by atoms with Crippen molar-refractivity contribution in [1.82, 2.24) is 0 Å². The maximum atomic E-state index is 12.0. The molecule has 0 radical (unpaired) electrons. The molecule has 0 atom stereocenters. The average molecular weight is 293 g/mol. The maximum absolute atomic E-state index is 12.0. The number of halogens is 1. The summed E-state index contributed by atoms with van der Waals surface area (Å²) >= 11 is 7.48. The van der Waals surface area contributed by atoms with Crippen LogP contribution in [0.2, 0.25) is 5.02 Å². The monoisotopic (exact) mass is 292 g/mol. The molecule has 0 saturated heterocycles. The van der Waals surface area contributed by atoms with Gasteiger partial charge in [0.1, 0.15) is 5.75 Å². The fraction of sp³-hybridized carbons (Fsp3) is 0.133. The molecule has 98 valence electrons. The van der Waals surface area contributed by atoms with Gasteiger partial charge in [-0.15, -0.1) is 11.8 Å². The summed E-state index contributed by atoms with van der Waals surface area (Å²) in [5, 5.41) is 0.503. The average Bonchev–Trinajstić information content (AvgIpc) is 2.46. The van der Waals surface area contributed by atoms with Gasteiger partial charge in [0, 0.05) is 10.5 Å². The van der Waals surface area contributed by atoms with E-state index in [9.17, 15) is 4.79 Å². The van der Waals surface area contributed by atoms with Crippen LogP contribution in [0.25, 0.3) is 0 Å². The molecule has 0 unspecified atom stereocenters. The molecule has 0 amide bonds. The second-order valence-electron chi connectivity index (χ2n) is 3.87. The first kappa shape index (κ1) is 14.0. The lowest BCUT2D eigenvalue weighted by Gasteiger charge is -2.04. The van der Waals surface area contributed by atoms with Crippen LogP contribution < -0.4 is 4.74 Å². The number of methoxy groups -OCH3 is 1. The topological polar surface area (TPSA) is 26.3 Å². The van der Waals surface area contributed by atoms with Crippen LogP contribution in [0.5, 0.6) is 5.75 Å². The van der Waals surface area contributed by atoms with Crippen molar-refractivity contribution in [2.24, 2.45) is 0 Å². The van der Waals surface area contributed by atoms with Crippen LogP contribution in [-0.2, 0) is 0 Å². The SMILES string of the molecule is COc1ccc(SCC(=O)c2ccccc2Cl)cc1. The van der Waals surface area contributed by atoms with E-state index in [4.69, 9.17) is 16.3 Å². The third-order valence-corrected chi connectivity index (χ3v) is 3.95. The van der Waals surface area contributed by atoms with Gasteiger partial charge in [-0.25, -0.2) is 0 Å². The Hall–Kier alpha value is -1.45. The Morgan fingerprint density at radius 3 is 2.47 bits per heavy atom. The van der Waals surface area contributed by atoms with E-state index < -0.39 is 0 Å². The molecule has 0 N–H and O–H groups in total. The summed E-state index contributed by atoms with van der Waals surface area (Å²) in [7, 11) is 1.63. The van der Waals surface area contributed by atoms with Crippen molar-refractivity contribution in [2.75, 3.05) is 12.9 Å². The van der Waals surface area contributed by atoms with Gasteiger partial charge in [0.2, 0.25) is 0 Å². The van der Waals surface area contributed by atoms with Gasteiger partial charge in [0.05, 0.1) is 17.9 Å². The molecule has 0 fully saturated rings. The Kier molecular flexibility index (Phi) is 4.88. The smallest absolute Gasteiger partial charge is 0.174 e. The number of hydrogen-bond donors (Lipinski definition) is 0. The summed E-state index contributed by atoms with van der Waals surface area (Å²) in [6.45, 7) is 0. The van der Waals surface area contributed by atoms with Crippen LogP contribution in [0.1, 0.15) is 10.4 Å². The van der Waals surface area contributed by atoms with E-state index in [0.29, 0.717) is 16.3 Å². The summed E-state index contributed by atoms with van der Waals surface area (Å²) < 4.78 is 5.09. The number of carbonyl (C=O) groups excluding carboxylic acids is 1. The van der Waals surface area contributed by atoms with Crippen molar-refractivity contribution in [2.45, 2.75) is 4.90 Å². The molecule has 2 aromatic carbocycles. The van der Waals surface area contributed by atoms with Crippen molar-refractivity contribution in [3.05, 3.63) is 59.1 Å². The minimum absolute atomic E-state index is 0.0337. The number of ketones is 1. The molecule has 0 heterocycles. The summed E-state index contributed by atoms with van der Waals surface area (Å²) in [6.07, 6.45) is 0. The van der Waals surface area contributed by atoms with Crippen molar-refractivity contribution in [3.63, 3.8) is 0 Å². The molecule has 2 aromatic rings. The van der Waals surface area contributed by atoms with E-state index in [-0.39, 0.29) is 5.78 Å². The predicted octanol–water partition coefficient (Wildman–Crippen LogP) is 4.32. The first-order valence-corrected chi connectivity index (χ1v) is 7.11. The zero-order chi connectivity index (χ0) is 13.7. The third-order valence-electron chi connectivity index (χ3n) is 2.60. The standard InChI is InChI=1S/C15H13ClO2S/c1-18-11-6-8-12(9-7-11)19-10-15(17)13-4-2-3-5-14(13)16/h2-9H,10H2,1H3. The molecule has 2 rings (SSSR count). The zero-order valence-electron chi connectivity index (χ0n) is 10.4. The number of rotatable bonds is 5. The lowest BCUT2D eigenvalue weighted by atomic mass is 10.1. The lowest BCUT2D eigenvalue weighted by Crippen LogP contribution is -2.02. The fourth-order valence-corrected chi connectivity index (χ4v) is 2.61. The van der Waals surface area contributed by atoms with Gasteiger partial charge in [-0.2, -0.15) is 0 Å². The summed E-state index contributed by atoms with van der Waals surface area (Å²) in [4.78, 5) is 13.1. The molecule has 0 aromatic heterocycles. The highest BCUT2D eigenvalue weighted by Gasteiger charge is 2.09. The quantitative estimate of drug-likeness (QED) is 0.606. The molecular formula is C15H13ClO2S. The first-order valence-electron chi connectivity index (χ1n) is 5.75. The van der Waals surface area contributed by atoms with Crippen molar-refractivity contribution in [3.8, 4) is 5.75 Å². The van der Waals surface area contributed by atoms with Crippen LogP contribution in [0, 0.1) is 0 Å². The van der Waals surface area contributed by atoms with Crippen molar-refractivity contribution >= 4 is 29.1 Å². The Morgan fingerprint density at radius 1 is 1.16 bits per heavy atom. The molecule has 19 heavy (non-hydrogen) atoms. The van der Waals surface area contributed by atoms with Crippen LogP contribution in [0.4, 0.5) is 0 Å². The Labute approximate surface area is 121 Å². The van der Waals surface area contributed by atoms with E-state index in [0.717, 1.165) is 10.6 Å². The summed E-state index contributed by atoms with van der Waals surface area (Å²) in [5.41, 5.74) is 0.574.